The van der Waals surface area contributed by atoms with Gasteiger partial charge in [-0.25, -0.2) is 4.68 Å². The Bertz CT molecular complexity index is 661. The van der Waals surface area contributed by atoms with Gasteiger partial charge in [0, 0.05) is 30.6 Å². The molecule has 0 spiro atoms. The van der Waals surface area contributed by atoms with Gasteiger partial charge in [-0.2, -0.15) is 5.10 Å². The van der Waals surface area contributed by atoms with Crippen LogP contribution in [0.1, 0.15) is 23.9 Å². The molecule has 106 valence electrons. The van der Waals surface area contributed by atoms with E-state index < -0.39 is 4.92 Å². The fourth-order valence-electron chi connectivity index (χ4n) is 2.41. The second-order valence-electron chi connectivity index (χ2n) is 4.66. The maximum atomic E-state index is 11.0. The molecule has 6 heteroatoms. The number of anilines is 1. The number of nitro benzene ring substituents is 1. The van der Waals surface area contributed by atoms with Crippen LogP contribution in [0.5, 0.6) is 0 Å². The Labute approximate surface area is 117 Å². The number of nitrogens with one attached hydrogen (secondary N) is 1. The molecule has 0 fully saturated rings. The van der Waals surface area contributed by atoms with Crippen molar-refractivity contribution in [2.24, 2.45) is 0 Å². The molecule has 0 unspecified atom stereocenters. The summed E-state index contributed by atoms with van der Waals surface area (Å²) in [4.78, 5) is 10.6. The lowest BCUT2D eigenvalue weighted by Crippen LogP contribution is -2.02. The van der Waals surface area contributed by atoms with Crippen molar-refractivity contribution < 1.29 is 4.92 Å². The average molecular weight is 274 g/mol. The fraction of sp³-hybridized carbons (Fsp3) is 0.357. The quantitative estimate of drug-likeness (QED) is 0.687. The number of rotatable bonds is 4. The van der Waals surface area contributed by atoms with Gasteiger partial charge in [-0.05, 0) is 31.9 Å². The first kappa shape index (κ1) is 14.0. The number of nitrogens with zero attached hydrogens (tertiary/aromatic N) is 3. The first-order valence-corrected chi connectivity index (χ1v) is 6.50. The lowest BCUT2D eigenvalue weighted by atomic mass is 10.1. The van der Waals surface area contributed by atoms with Gasteiger partial charge >= 0.3 is 0 Å². The minimum absolute atomic E-state index is 0.0532. The summed E-state index contributed by atoms with van der Waals surface area (Å²) in [6, 6.07) is 4.90. The van der Waals surface area contributed by atoms with E-state index in [1.807, 2.05) is 19.9 Å². The van der Waals surface area contributed by atoms with Gasteiger partial charge in [0.25, 0.3) is 5.69 Å². The Morgan fingerprint density at radius 1 is 1.35 bits per heavy atom. The van der Waals surface area contributed by atoms with E-state index in [9.17, 15) is 10.1 Å². The third kappa shape index (κ3) is 2.36. The highest BCUT2D eigenvalue weighted by molar-refractivity contribution is 5.59. The van der Waals surface area contributed by atoms with E-state index in [2.05, 4.69) is 17.3 Å². The van der Waals surface area contributed by atoms with Crippen molar-refractivity contribution in [1.82, 2.24) is 9.78 Å². The monoisotopic (exact) mass is 274 g/mol. The molecule has 2 rings (SSSR count). The number of hydrogen-bond donors (Lipinski definition) is 1. The van der Waals surface area contributed by atoms with Crippen LogP contribution < -0.4 is 5.32 Å². The third-order valence-corrected chi connectivity index (χ3v) is 3.44. The highest BCUT2D eigenvalue weighted by Gasteiger charge is 2.15. The van der Waals surface area contributed by atoms with Gasteiger partial charge in [0.1, 0.15) is 0 Å². The Balaban J connectivity index is 2.63. The summed E-state index contributed by atoms with van der Waals surface area (Å²) in [7, 11) is 1.74. The average Bonchev–Trinajstić information content (AvgIpc) is 2.72. The van der Waals surface area contributed by atoms with E-state index in [-0.39, 0.29) is 5.69 Å². The number of non-ortho nitro benzene ring substituents is 1. The summed E-state index contributed by atoms with van der Waals surface area (Å²) in [5.41, 5.74) is 4.61. The highest BCUT2D eigenvalue weighted by atomic mass is 16.6. The van der Waals surface area contributed by atoms with Crippen LogP contribution in [0, 0.1) is 24.0 Å². The molecule has 6 nitrogen and oxygen atoms in total. The summed E-state index contributed by atoms with van der Waals surface area (Å²) in [5, 5.41) is 18.4. The Kier molecular flexibility index (Phi) is 3.74. The van der Waals surface area contributed by atoms with Crippen molar-refractivity contribution in [3.05, 3.63) is 45.3 Å². The molecule has 1 N–H and O–H groups in total. The van der Waals surface area contributed by atoms with Crippen LogP contribution in [0.15, 0.2) is 18.2 Å². The number of nitro groups is 1. The number of hydrogen-bond acceptors (Lipinski definition) is 4. The molecule has 2 aromatic rings. The van der Waals surface area contributed by atoms with Crippen molar-refractivity contribution in [1.29, 1.82) is 0 Å². The number of aromatic nitrogens is 2. The maximum absolute atomic E-state index is 11.0. The zero-order valence-electron chi connectivity index (χ0n) is 12.1. The van der Waals surface area contributed by atoms with Crippen LogP contribution in [0.25, 0.3) is 5.69 Å². The van der Waals surface area contributed by atoms with E-state index in [0.717, 1.165) is 17.8 Å². The second-order valence-corrected chi connectivity index (χ2v) is 4.66. The largest absolute Gasteiger partial charge is 0.388 e. The molecule has 1 heterocycles. The zero-order chi connectivity index (χ0) is 14.9. The van der Waals surface area contributed by atoms with Crippen LogP contribution in [0.2, 0.25) is 0 Å². The van der Waals surface area contributed by atoms with Crippen LogP contribution in [-0.2, 0) is 6.42 Å². The molecule has 1 aromatic carbocycles. The SMILES string of the molecule is CCc1c(C)nn(-c2cc(NC)cc([N+](=O)[O-])c2)c1C. The molecule has 0 saturated carbocycles. The highest BCUT2D eigenvalue weighted by Crippen LogP contribution is 2.25. The third-order valence-electron chi connectivity index (χ3n) is 3.44. The van der Waals surface area contributed by atoms with Gasteiger partial charge in [0.15, 0.2) is 0 Å². The molecule has 0 aliphatic heterocycles. The molecule has 0 amide bonds. The van der Waals surface area contributed by atoms with Crippen molar-refractivity contribution in [2.75, 3.05) is 12.4 Å². The van der Waals surface area contributed by atoms with Gasteiger partial charge in [-0.15, -0.1) is 0 Å². The molecule has 0 saturated heterocycles. The topological polar surface area (TPSA) is 73.0 Å². The van der Waals surface area contributed by atoms with Crippen LogP contribution in [0.3, 0.4) is 0 Å². The standard InChI is InChI=1S/C14H18N4O2/c1-5-14-9(2)16-17(10(14)3)12-6-11(15-4)7-13(8-12)18(19)20/h6-8,15H,5H2,1-4H3. The molecular weight excluding hydrogens is 256 g/mol. The van der Waals surface area contributed by atoms with Crippen molar-refractivity contribution >= 4 is 11.4 Å². The Morgan fingerprint density at radius 3 is 2.55 bits per heavy atom. The number of aryl methyl sites for hydroxylation is 1. The minimum Gasteiger partial charge on any atom is -0.388 e. The minimum atomic E-state index is -0.392. The first-order chi connectivity index (χ1) is 9.47. The van der Waals surface area contributed by atoms with Crippen molar-refractivity contribution in [2.45, 2.75) is 27.2 Å². The molecule has 20 heavy (non-hydrogen) atoms. The van der Waals surface area contributed by atoms with Gasteiger partial charge in [0.05, 0.1) is 16.3 Å². The van der Waals surface area contributed by atoms with Gasteiger partial charge < -0.3 is 5.32 Å². The van der Waals surface area contributed by atoms with Crippen LogP contribution >= 0.6 is 0 Å². The fourth-order valence-corrected chi connectivity index (χ4v) is 2.41. The lowest BCUT2D eigenvalue weighted by Gasteiger charge is -2.08. The summed E-state index contributed by atoms with van der Waals surface area (Å²) < 4.78 is 1.77. The molecule has 0 bridgehead atoms. The van der Waals surface area contributed by atoms with E-state index in [1.165, 1.54) is 11.6 Å². The summed E-state index contributed by atoms with van der Waals surface area (Å²) in [5.74, 6) is 0. The molecule has 1 aromatic heterocycles. The maximum Gasteiger partial charge on any atom is 0.273 e. The molecule has 0 aliphatic rings. The van der Waals surface area contributed by atoms with E-state index in [1.54, 1.807) is 17.8 Å². The van der Waals surface area contributed by atoms with Gasteiger partial charge in [-0.1, -0.05) is 6.92 Å². The van der Waals surface area contributed by atoms with E-state index in [0.29, 0.717) is 11.4 Å². The van der Waals surface area contributed by atoms with E-state index in [4.69, 9.17) is 0 Å². The smallest absolute Gasteiger partial charge is 0.273 e. The molecular formula is C14H18N4O2. The summed E-state index contributed by atoms with van der Waals surface area (Å²) >= 11 is 0. The Hall–Kier alpha value is -2.37. The van der Waals surface area contributed by atoms with Crippen molar-refractivity contribution in [3.8, 4) is 5.69 Å². The second kappa shape index (κ2) is 5.32. The summed E-state index contributed by atoms with van der Waals surface area (Å²) in [6.45, 7) is 6.02. The molecule has 0 atom stereocenters. The van der Waals surface area contributed by atoms with Gasteiger partial charge in [0.2, 0.25) is 0 Å². The Morgan fingerprint density at radius 2 is 2.05 bits per heavy atom. The predicted octanol–water partition coefficient (Wildman–Crippen LogP) is 3.00. The number of benzene rings is 1. The van der Waals surface area contributed by atoms with Crippen molar-refractivity contribution in [3.63, 3.8) is 0 Å². The normalized spacial score (nSPS) is 10.6. The lowest BCUT2D eigenvalue weighted by molar-refractivity contribution is -0.384. The van der Waals surface area contributed by atoms with Crippen LogP contribution in [-0.4, -0.2) is 21.8 Å². The molecule has 0 aliphatic carbocycles. The summed E-state index contributed by atoms with van der Waals surface area (Å²) in [6.07, 6.45) is 0.894. The predicted molar refractivity (Wildman–Crippen MR) is 78.6 cm³/mol. The first-order valence-electron chi connectivity index (χ1n) is 6.50. The molecule has 0 radical (unpaired) electrons. The van der Waals surface area contributed by atoms with E-state index >= 15 is 0 Å². The van der Waals surface area contributed by atoms with Crippen LogP contribution in [0.4, 0.5) is 11.4 Å². The van der Waals surface area contributed by atoms with Gasteiger partial charge in [-0.3, -0.25) is 10.1 Å². The zero-order valence-corrected chi connectivity index (χ0v) is 12.1.